The van der Waals surface area contributed by atoms with Crippen molar-refractivity contribution in [1.29, 1.82) is 0 Å². The largest absolute Gasteiger partial charge is 0.494 e. The van der Waals surface area contributed by atoms with Crippen molar-refractivity contribution in [3.05, 3.63) is 163 Å². The minimum absolute atomic E-state index is 0.0565. The maximum absolute atomic E-state index is 6.40. The van der Waals surface area contributed by atoms with Crippen LogP contribution < -0.4 is 30.8 Å². The molecule has 6 aromatic rings. The number of benzene rings is 5. The molecule has 0 saturated carbocycles. The quantitative estimate of drug-likeness (QED) is 0.0494. The van der Waals surface area contributed by atoms with Gasteiger partial charge in [0.2, 0.25) is 7.28 Å². The van der Waals surface area contributed by atoms with Crippen LogP contribution in [-0.4, -0.2) is 38.1 Å². The van der Waals surface area contributed by atoms with Gasteiger partial charge >= 0.3 is 0 Å². The normalized spacial score (nSPS) is 11.4. The standard InChI is InChI=1S/C45H50BN2O2Si/c1-3-5-16-32-49-39-24-18-28-42(34-39)51(41-26-14-9-15-27-41,43-29-19-25-40(35-43)50-33-17-6-4-2)36-48-31-30-47-45(48)46-44(37-20-10-7-11-21-37)38-22-12-8-13-23-38/h7-15,18-31,34-35,44H,3-6,16-17,32-33,36H2,1-2H3. The van der Waals surface area contributed by atoms with Crippen molar-refractivity contribution in [2.45, 2.75) is 64.4 Å². The fraction of sp³-hybridized carbons (Fsp3) is 0.267. The second kappa shape index (κ2) is 18.4. The van der Waals surface area contributed by atoms with Gasteiger partial charge in [0.05, 0.1) is 18.9 Å². The highest BCUT2D eigenvalue weighted by atomic mass is 28.3. The van der Waals surface area contributed by atoms with Crippen LogP contribution in [0.4, 0.5) is 0 Å². The first kappa shape index (κ1) is 36.0. The van der Waals surface area contributed by atoms with E-state index in [9.17, 15) is 0 Å². The van der Waals surface area contributed by atoms with Crippen molar-refractivity contribution in [1.82, 2.24) is 9.55 Å². The maximum Gasteiger partial charge on any atom is 0.215 e. The van der Waals surface area contributed by atoms with Gasteiger partial charge in [0.25, 0.3) is 0 Å². The number of imidazole rings is 1. The molecule has 0 bridgehead atoms. The van der Waals surface area contributed by atoms with Crippen LogP contribution in [0, 0.1) is 0 Å². The summed E-state index contributed by atoms with van der Waals surface area (Å²) in [4.78, 5) is 5.00. The van der Waals surface area contributed by atoms with Crippen LogP contribution in [0.3, 0.4) is 0 Å². The van der Waals surface area contributed by atoms with Crippen LogP contribution >= 0.6 is 0 Å². The topological polar surface area (TPSA) is 36.3 Å². The average molecular weight is 690 g/mol. The van der Waals surface area contributed by atoms with Crippen LogP contribution in [0.25, 0.3) is 0 Å². The zero-order chi connectivity index (χ0) is 35.1. The summed E-state index contributed by atoms with van der Waals surface area (Å²) >= 11 is 0. The van der Waals surface area contributed by atoms with E-state index >= 15 is 0 Å². The van der Waals surface area contributed by atoms with Crippen molar-refractivity contribution in [2.75, 3.05) is 13.2 Å². The number of hydrogen-bond donors (Lipinski definition) is 0. The molecule has 0 aliphatic carbocycles. The summed E-state index contributed by atoms with van der Waals surface area (Å²) in [5.41, 5.74) is 3.44. The van der Waals surface area contributed by atoms with Gasteiger partial charge in [-0.1, -0.05) is 155 Å². The van der Waals surface area contributed by atoms with Crippen LogP contribution in [0.15, 0.2) is 152 Å². The zero-order valence-corrected chi connectivity index (χ0v) is 31.2. The molecule has 1 aromatic heterocycles. The molecular formula is C45H50BN2O2Si. The van der Waals surface area contributed by atoms with Crippen molar-refractivity contribution >= 4 is 36.6 Å². The minimum Gasteiger partial charge on any atom is -0.494 e. The summed E-state index contributed by atoms with van der Waals surface area (Å²) in [6, 6.07) is 50.3. The fourth-order valence-electron chi connectivity index (χ4n) is 7.01. The molecule has 51 heavy (non-hydrogen) atoms. The summed E-state index contributed by atoms with van der Waals surface area (Å²) in [5, 5.41) is 3.93. The third kappa shape index (κ3) is 9.11. The predicted molar refractivity (Wildman–Crippen MR) is 216 cm³/mol. The maximum atomic E-state index is 6.40. The van der Waals surface area contributed by atoms with Crippen LogP contribution in [0.5, 0.6) is 11.5 Å². The Bertz CT molecular complexity index is 1800. The van der Waals surface area contributed by atoms with Crippen molar-refractivity contribution in [3.8, 4) is 11.5 Å². The number of ether oxygens (including phenoxy) is 2. The smallest absolute Gasteiger partial charge is 0.215 e. The Labute approximate surface area is 306 Å². The van der Waals surface area contributed by atoms with Gasteiger partial charge in [0.15, 0.2) is 8.07 Å². The fourth-order valence-corrected chi connectivity index (χ4v) is 11.6. The Morgan fingerprint density at radius 1 is 0.588 bits per heavy atom. The molecule has 1 radical (unpaired) electrons. The molecule has 0 fully saturated rings. The molecule has 5 aromatic carbocycles. The van der Waals surface area contributed by atoms with Crippen molar-refractivity contribution < 1.29 is 9.47 Å². The monoisotopic (exact) mass is 689 g/mol. The van der Waals surface area contributed by atoms with Gasteiger partial charge in [-0.15, -0.1) is 0 Å². The van der Waals surface area contributed by atoms with Crippen molar-refractivity contribution in [3.63, 3.8) is 0 Å². The highest BCUT2D eigenvalue weighted by molar-refractivity contribution is 7.10. The summed E-state index contributed by atoms with van der Waals surface area (Å²) in [7, 11) is -0.469. The third-order valence-corrected chi connectivity index (χ3v) is 14.5. The molecule has 6 heteroatoms. The Morgan fingerprint density at radius 2 is 1.08 bits per heavy atom. The second-order valence-corrected chi connectivity index (χ2v) is 17.2. The SMILES string of the molecule is CCCCCOc1cccc([Si](Cn2ccnc2[B]C(c2ccccc2)c2ccccc2)(c2ccccc2)c2cccc(OCCCCC)c2)c1. The second-order valence-electron chi connectivity index (χ2n) is 13.3. The molecule has 0 unspecified atom stereocenters. The van der Waals surface area contributed by atoms with E-state index in [0.29, 0.717) is 0 Å². The number of hydrogen-bond acceptors (Lipinski definition) is 3. The molecule has 0 atom stereocenters. The summed E-state index contributed by atoms with van der Waals surface area (Å²) < 4.78 is 15.2. The van der Waals surface area contributed by atoms with E-state index in [1.54, 1.807) is 0 Å². The first-order chi connectivity index (χ1) is 25.2. The molecule has 4 nitrogen and oxygen atoms in total. The summed E-state index contributed by atoms with van der Waals surface area (Å²) in [6.07, 6.45) is 11.6. The van der Waals surface area contributed by atoms with Gasteiger partial charge in [-0.25, -0.2) is 0 Å². The lowest BCUT2D eigenvalue weighted by atomic mass is 9.58. The van der Waals surface area contributed by atoms with Gasteiger partial charge in [-0.2, -0.15) is 0 Å². The Kier molecular flexibility index (Phi) is 13.0. The van der Waals surface area contributed by atoms with E-state index in [0.717, 1.165) is 49.4 Å². The molecular weight excluding hydrogens is 639 g/mol. The van der Waals surface area contributed by atoms with Crippen molar-refractivity contribution in [2.24, 2.45) is 0 Å². The molecule has 0 spiro atoms. The molecule has 0 aliphatic rings. The van der Waals surface area contributed by atoms with Gasteiger partial charge < -0.3 is 14.0 Å². The number of aromatic nitrogens is 2. The van der Waals surface area contributed by atoms with Gasteiger partial charge in [-0.3, -0.25) is 4.98 Å². The van der Waals surface area contributed by atoms with E-state index in [4.69, 9.17) is 14.5 Å². The Balaban J connectivity index is 1.46. The molecule has 6 rings (SSSR count). The lowest BCUT2D eigenvalue weighted by molar-refractivity contribution is 0.306. The van der Waals surface area contributed by atoms with Crippen LogP contribution in [0.1, 0.15) is 69.3 Å². The number of rotatable bonds is 19. The summed E-state index contributed by atoms with van der Waals surface area (Å²) in [6.45, 7) is 5.90. The first-order valence-electron chi connectivity index (χ1n) is 18.7. The number of nitrogens with zero attached hydrogens (tertiary/aromatic N) is 2. The van der Waals surface area contributed by atoms with E-state index < -0.39 is 8.07 Å². The highest BCUT2D eigenvalue weighted by Gasteiger charge is 2.41. The lowest BCUT2D eigenvalue weighted by Gasteiger charge is -2.35. The van der Waals surface area contributed by atoms with E-state index in [1.165, 1.54) is 52.4 Å². The minimum atomic E-state index is -2.80. The van der Waals surface area contributed by atoms with E-state index in [2.05, 4.69) is 171 Å². The molecule has 0 saturated heterocycles. The molecule has 0 aliphatic heterocycles. The van der Waals surface area contributed by atoms with Crippen LogP contribution in [-0.2, 0) is 6.17 Å². The molecule has 0 amide bonds. The van der Waals surface area contributed by atoms with Crippen LogP contribution in [0.2, 0.25) is 0 Å². The third-order valence-electron chi connectivity index (χ3n) is 9.74. The van der Waals surface area contributed by atoms with E-state index in [-0.39, 0.29) is 5.82 Å². The zero-order valence-electron chi connectivity index (χ0n) is 30.2. The predicted octanol–water partition coefficient (Wildman–Crippen LogP) is 7.85. The lowest BCUT2D eigenvalue weighted by Crippen LogP contribution is -2.70. The molecule has 0 N–H and O–H groups in total. The van der Waals surface area contributed by atoms with Gasteiger partial charge in [0, 0.05) is 18.6 Å². The Morgan fingerprint density at radius 3 is 1.59 bits per heavy atom. The highest BCUT2D eigenvalue weighted by Crippen LogP contribution is 2.24. The van der Waals surface area contributed by atoms with Gasteiger partial charge in [-0.05, 0) is 69.6 Å². The summed E-state index contributed by atoms with van der Waals surface area (Å²) in [5.74, 6) is 1.91. The van der Waals surface area contributed by atoms with E-state index in [1.807, 2.05) is 6.20 Å². The van der Waals surface area contributed by atoms with Gasteiger partial charge in [0.1, 0.15) is 11.5 Å². The Hall–Kier alpha value is -4.81. The molecule has 259 valence electrons. The molecule has 1 heterocycles. The number of unbranched alkanes of at least 4 members (excludes halogenated alkanes) is 4. The first-order valence-corrected chi connectivity index (χ1v) is 20.9. The average Bonchev–Trinajstić information content (AvgIpc) is 3.63.